The first-order valence-electron chi connectivity index (χ1n) is 5.74. The Balaban J connectivity index is 1.84. The normalized spacial score (nSPS) is 10.3. The summed E-state index contributed by atoms with van der Waals surface area (Å²) in [7, 11) is 0. The second kappa shape index (κ2) is 5.78. The van der Waals surface area contributed by atoms with Gasteiger partial charge in [-0.3, -0.25) is 4.79 Å². The van der Waals surface area contributed by atoms with E-state index in [1.807, 2.05) is 25.1 Å². The number of halogens is 1. The maximum Gasteiger partial charge on any atom is 0.261 e. The topological polar surface area (TPSA) is 29.1 Å². The second-order valence-electron chi connectivity index (χ2n) is 4.05. The standard InChI is InChI=1S/C14H14FNOS/c1-10-5-6-13(18-10)14(17)16-8-7-11-3-2-4-12(15)9-11/h2-6,9H,7-8H2,1H3,(H,16,17). The van der Waals surface area contributed by atoms with Gasteiger partial charge in [-0.2, -0.15) is 0 Å². The van der Waals surface area contributed by atoms with Crippen LogP contribution in [0.4, 0.5) is 4.39 Å². The van der Waals surface area contributed by atoms with Crippen molar-refractivity contribution in [2.24, 2.45) is 0 Å². The third-order valence-corrected chi connectivity index (χ3v) is 3.55. The third kappa shape index (κ3) is 3.40. The van der Waals surface area contributed by atoms with E-state index >= 15 is 0 Å². The van der Waals surface area contributed by atoms with Gasteiger partial charge < -0.3 is 5.32 Å². The van der Waals surface area contributed by atoms with Crippen molar-refractivity contribution in [2.75, 3.05) is 6.54 Å². The van der Waals surface area contributed by atoms with Crippen LogP contribution in [-0.4, -0.2) is 12.5 Å². The molecule has 0 atom stereocenters. The summed E-state index contributed by atoms with van der Waals surface area (Å²) < 4.78 is 12.9. The molecular formula is C14H14FNOS. The lowest BCUT2D eigenvalue weighted by Crippen LogP contribution is -2.24. The Morgan fingerprint density at radius 3 is 2.83 bits per heavy atom. The van der Waals surface area contributed by atoms with Gasteiger partial charge in [-0.15, -0.1) is 11.3 Å². The predicted octanol–water partition coefficient (Wildman–Crippen LogP) is 3.17. The Bertz CT molecular complexity index is 550. The van der Waals surface area contributed by atoms with E-state index in [0.717, 1.165) is 10.4 Å². The van der Waals surface area contributed by atoms with Crippen molar-refractivity contribution < 1.29 is 9.18 Å². The van der Waals surface area contributed by atoms with Crippen LogP contribution in [0.15, 0.2) is 36.4 Å². The minimum Gasteiger partial charge on any atom is -0.351 e. The van der Waals surface area contributed by atoms with E-state index in [0.29, 0.717) is 17.8 Å². The molecule has 0 saturated heterocycles. The number of benzene rings is 1. The zero-order valence-electron chi connectivity index (χ0n) is 10.1. The second-order valence-corrected chi connectivity index (χ2v) is 5.33. The van der Waals surface area contributed by atoms with E-state index in [4.69, 9.17) is 0 Å². The van der Waals surface area contributed by atoms with E-state index in [9.17, 15) is 9.18 Å². The van der Waals surface area contributed by atoms with Gasteiger partial charge in [0.25, 0.3) is 5.91 Å². The molecule has 94 valence electrons. The lowest BCUT2D eigenvalue weighted by atomic mass is 10.1. The van der Waals surface area contributed by atoms with Crippen molar-refractivity contribution in [2.45, 2.75) is 13.3 Å². The molecule has 2 nitrogen and oxygen atoms in total. The van der Waals surface area contributed by atoms with E-state index in [1.54, 1.807) is 6.07 Å². The number of thiophene rings is 1. The zero-order valence-corrected chi connectivity index (χ0v) is 10.9. The van der Waals surface area contributed by atoms with Gasteiger partial charge in [0.15, 0.2) is 0 Å². The van der Waals surface area contributed by atoms with E-state index in [2.05, 4.69) is 5.32 Å². The minimum atomic E-state index is -0.243. The molecule has 18 heavy (non-hydrogen) atoms. The van der Waals surface area contributed by atoms with Crippen LogP contribution in [0, 0.1) is 12.7 Å². The first kappa shape index (κ1) is 12.8. The van der Waals surface area contributed by atoms with Crippen LogP contribution < -0.4 is 5.32 Å². The fourth-order valence-electron chi connectivity index (χ4n) is 1.66. The van der Waals surface area contributed by atoms with Gasteiger partial charge in [-0.25, -0.2) is 4.39 Å². The maximum atomic E-state index is 12.9. The number of aryl methyl sites for hydroxylation is 1. The average Bonchev–Trinajstić information content (AvgIpc) is 2.76. The summed E-state index contributed by atoms with van der Waals surface area (Å²) in [6, 6.07) is 10.2. The molecule has 0 aliphatic rings. The Morgan fingerprint density at radius 2 is 2.17 bits per heavy atom. The van der Waals surface area contributed by atoms with Crippen molar-refractivity contribution >= 4 is 17.2 Å². The Kier molecular flexibility index (Phi) is 4.10. The summed E-state index contributed by atoms with van der Waals surface area (Å²) in [5.41, 5.74) is 0.887. The Labute approximate surface area is 109 Å². The van der Waals surface area contributed by atoms with Gasteiger partial charge in [0, 0.05) is 11.4 Å². The molecule has 2 aromatic rings. The molecule has 1 aromatic heterocycles. The summed E-state index contributed by atoms with van der Waals surface area (Å²) in [6.45, 7) is 2.48. The van der Waals surface area contributed by atoms with Crippen LogP contribution in [0.3, 0.4) is 0 Å². The summed E-state index contributed by atoms with van der Waals surface area (Å²) in [6.07, 6.45) is 0.633. The van der Waals surface area contributed by atoms with E-state index < -0.39 is 0 Å². The van der Waals surface area contributed by atoms with Crippen LogP contribution in [0.2, 0.25) is 0 Å². The lowest BCUT2D eigenvalue weighted by Gasteiger charge is -2.04. The quantitative estimate of drug-likeness (QED) is 0.902. The number of amides is 1. The summed E-state index contributed by atoms with van der Waals surface area (Å²) >= 11 is 1.47. The molecule has 0 aliphatic heterocycles. The highest BCUT2D eigenvalue weighted by molar-refractivity contribution is 7.13. The highest BCUT2D eigenvalue weighted by atomic mass is 32.1. The molecule has 0 saturated carbocycles. The van der Waals surface area contributed by atoms with Crippen molar-refractivity contribution in [3.63, 3.8) is 0 Å². The number of nitrogens with one attached hydrogen (secondary N) is 1. The summed E-state index contributed by atoms with van der Waals surface area (Å²) in [5.74, 6) is -0.308. The molecular weight excluding hydrogens is 249 g/mol. The fourth-order valence-corrected chi connectivity index (χ4v) is 2.44. The van der Waals surface area contributed by atoms with Crippen LogP contribution in [0.5, 0.6) is 0 Å². The van der Waals surface area contributed by atoms with Crippen LogP contribution >= 0.6 is 11.3 Å². The molecule has 0 spiro atoms. The number of hydrogen-bond donors (Lipinski definition) is 1. The zero-order chi connectivity index (χ0) is 13.0. The summed E-state index contributed by atoms with van der Waals surface area (Å²) in [5, 5.41) is 2.83. The monoisotopic (exact) mass is 263 g/mol. The van der Waals surface area contributed by atoms with Gasteiger partial charge in [-0.1, -0.05) is 12.1 Å². The van der Waals surface area contributed by atoms with E-state index in [-0.39, 0.29) is 11.7 Å². The molecule has 2 rings (SSSR count). The molecule has 1 N–H and O–H groups in total. The first-order chi connectivity index (χ1) is 8.65. The van der Waals surface area contributed by atoms with Gasteiger partial charge in [0.2, 0.25) is 0 Å². The highest BCUT2D eigenvalue weighted by Gasteiger charge is 2.06. The van der Waals surface area contributed by atoms with Crippen LogP contribution in [0.25, 0.3) is 0 Å². The summed E-state index contributed by atoms with van der Waals surface area (Å²) in [4.78, 5) is 13.6. The highest BCUT2D eigenvalue weighted by Crippen LogP contribution is 2.14. The SMILES string of the molecule is Cc1ccc(C(=O)NCCc2cccc(F)c2)s1. The van der Waals surface area contributed by atoms with Gasteiger partial charge in [0.05, 0.1) is 4.88 Å². The van der Waals surface area contributed by atoms with Gasteiger partial charge in [-0.05, 0) is 43.2 Å². The molecule has 0 fully saturated rings. The van der Waals surface area contributed by atoms with Crippen LogP contribution in [-0.2, 0) is 6.42 Å². The molecule has 0 unspecified atom stereocenters. The maximum absolute atomic E-state index is 12.9. The largest absolute Gasteiger partial charge is 0.351 e. The minimum absolute atomic E-state index is 0.0653. The average molecular weight is 263 g/mol. The van der Waals surface area contributed by atoms with Crippen LogP contribution in [0.1, 0.15) is 20.1 Å². The Hall–Kier alpha value is -1.68. The third-order valence-electron chi connectivity index (χ3n) is 2.55. The molecule has 1 heterocycles. The lowest BCUT2D eigenvalue weighted by molar-refractivity contribution is 0.0958. The molecule has 0 radical (unpaired) electrons. The van der Waals surface area contributed by atoms with Gasteiger partial charge in [0.1, 0.15) is 5.82 Å². The fraction of sp³-hybridized carbons (Fsp3) is 0.214. The first-order valence-corrected chi connectivity index (χ1v) is 6.56. The molecule has 4 heteroatoms. The number of carbonyl (C=O) groups is 1. The van der Waals surface area contributed by atoms with Crippen molar-refractivity contribution in [3.05, 3.63) is 57.5 Å². The predicted molar refractivity (Wildman–Crippen MR) is 71.5 cm³/mol. The number of carbonyl (C=O) groups excluding carboxylic acids is 1. The molecule has 1 aromatic carbocycles. The van der Waals surface area contributed by atoms with Gasteiger partial charge >= 0.3 is 0 Å². The number of hydrogen-bond acceptors (Lipinski definition) is 2. The smallest absolute Gasteiger partial charge is 0.261 e. The molecule has 0 bridgehead atoms. The van der Waals surface area contributed by atoms with Crippen molar-refractivity contribution in [1.29, 1.82) is 0 Å². The molecule has 0 aliphatic carbocycles. The van der Waals surface area contributed by atoms with Crippen molar-refractivity contribution in [1.82, 2.24) is 5.32 Å². The molecule has 1 amide bonds. The number of rotatable bonds is 4. The van der Waals surface area contributed by atoms with E-state index in [1.165, 1.54) is 23.5 Å². The Morgan fingerprint density at radius 1 is 1.33 bits per heavy atom. The van der Waals surface area contributed by atoms with Crippen molar-refractivity contribution in [3.8, 4) is 0 Å².